The maximum absolute atomic E-state index is 4.34. The lowest BCUT2D eigenvalue weighted by Gasteiger charge is -2.29. The van der Waals surface area contributed by atoms with Gasteiger partial charge in [0, 0.05) is 18.1 Å². The third-order valence-corrected chi connectivity index (χ3v) is 3.12. The summed E-state index contributed by atoms with van der Waals surface area (Å²) in [6.45, 7) is 12.1. The van der Waals surface area contributed by atoms with Gasteiger partial charge in [-0.15, -0.1) is 11.3 Å². The monoisotopic (exact) mass is 212 g/mol. The number of rotatable bonds is 3. The van der Waals surface area contributed by atoms with Crippen molar-refractivity contribution in [2.24, 2.45) is 5.41 Å². The molecule has 0 bridgehead atoms. The third kappa shape index (κ3) is 3.39. The van der Waals surface area contributed by atoms with Gasteiger partial charge in [-0.1, -0.05) is 20.8 Å². The first-order valence-electron chi connectivity index (χ1n) is 4.96. The number of thiazole rings is 1. The molecule has 1 aromatic rings. The molecule has 2 nitrogen and oxygen atoms in total. The summed E-state index contributed by atoms with van der Waals surface area (Å²) in [7, 11) is 0. The van der Waals surface area contributed by atoms with Crippen LogP contribution in [0.5, 0.6) is 0 Å². The van der Waals surface area contributed by atoms with E-state index in [1.165, 1.54) is 0 Å². The van der Waals surface area contributed by atoms with Crippen molar-refractivity contribution in [2.75, 3.05) is 6.54 Å². The molecule has 0 amide bonds. The average Bonchev–Trinajstić information content (AvgIpc) is 2.52. The first-order valence-corrected chi connectivity index (χ1v) is 5.84. The minimum absolute atomic E-state index is 0.0125. The van der Waals surface area contributed by atoms with Gasteiger partial charge in [0.1, 0.15) is 5.01 Å². The van der Waals surface area contributed by atoms with E-state index in [1.54, 1.807) is 11.3 Å². The summed E-state index contributed by atoms with van der Waals surface area (Å²) in [6.07, 6.45) is 1.86. The number of nitrogens with one attached hydrogen (secondary N) is 1. The highest BCUT2D eigenvalue weighted by molar-refractivity contribution is 7.09. The Labute approximate surface area is 90.8 Å². The second-order valence-electron chi connectivity index (χ2n) is 5.38. The largest absolute Gasteiger partial charge is 0.305 e. The van der Waals surface area contributed by atoms with Crippen LogP contribution in [0.3, 0.4) is 0 Å². The molecule has 80 valence electrons. The van der Waals surface area contributed by atoms with Crippen molar-refractivity contribution in [3.05, 3.63) is 16.6 Å². The van der Waals surface area contributed by atoms with Gasteiger partial charge in [-0.25, -0.2) is 4.98 Å². The van der Waals surface area contributed by atoms with Gasteiger partial charge in [0.05, 0.1) is 5.54 Å². The minimum atomic E-state index is -0.0125. The van der Waals surface area contributed by atoms with Gasteiger partial charge in [-0.2, -0.15) is 0 Å². The molecule has 1 aromatic heterocycles. The lowest BCUT2D eigenvalue weighted by atomic mass is 9.95. The predicted octanol–water partition coefficient (Wildman–Crippen LogP) is 3.01. The maximum atomic E-state index is 4.34. The van der Waals surface area contributed by atoms with E-state index in [0.29, 0.717) is 5.41 Å². The summed E-state index contributed by atoms with van der Waals surface area (Å²) in [6, 6.07) is 0. The second-order valence-corrected chi connectivity index (χ2v) is 6.27. The van der Waals surface area contributed by atoms with Gasteiger partial charge in [0.25, 0.3) is 0 Å². The average molecular weight is 212 g/mol. The first kappa shape index (κ1) is 11.7. The molecule has 0 atom stereocenters. The van der Waals surface area contributed by atoms with E-state index in [4.69, 9.17) is 0 Å². The van der Waals surface area contributed by atoms with Crippen LogP contribution in [0.1, 0.15) is 39.6 Å². The van der Waals surface area contributed by atoms with Crippen molar-refractivity contribution >= 4 is 11.3 Å². The molecular weight excluding hydrogens is 192 g/mol. The number of aromatic nitrogens is 1. The van der Waals surface area contributed by atoms with Gasteiger partial charge in [0.2, 0.25) is 0 Å². The van der Waals surface area contributed by atoms with E-state index in [-0.39, 0.29) is 5.54 Å². The normalized spacial score (nSPS) is 13.2. The number of hydrogen-bond donors (Lipinski definition) is 1. The van der Waals surface area contributed by atoms with E-state index >= 15 is 0 Å². The minimum Gasteiger partial charge on any atom is -0.305 e. The van der Waals surface area contributed by atoms with Crippen LogP contribution in [0, 0.1) is 5.41 Å². The quantitative estimate of drug-likeness (QED) is 0.833. The highest BCUT2D eigenvalue weighted by Crippen LogP contribution is 2.23. The fourth-order valence-electron chi connectivity index (χ4n) is 1.09. The molecule has 0 spiro atoms. The molecule has 0 saturated heterocycles. The van der Waals surface area contributed by atoms with Crippen LogP contribution in [0.15, 0.2) is 11.6 Å². The smallest absolute Gasteiger partial charge is 0.112 e. The summed E-state index contributed by atoms with van der Waals surface area (Å²) in [4.78, 5) is 4.34. The Morgan fingerprint density at radius 2 is 1.93 bits per heavy atom. The number of nitrogens with zero attached hydrogens (tertiary/aromatic N) is 1. The SMILES string of the molecule is CC(C)(C)CNC(C)(C)c1nccs1. The summed E-state index contributed by atoms with van der Waals surface area (Å²) >= 11 is 1.71. The van der Waals surface area contributed by atoms with Crippen molar-refractivity contribution < 1.29 is 0 Å². The van der Waals surface area contributed by atoms with Crippen LogP contribution >= 0.6 is 11.3 Å². The molecule has 0 saturated carbocycles. The van der Waals surface area contributed by atoms with Crippen LogP contribution in [-0.2, 0) is 5.54 Å². The van der Waals surface area contributed by atoms with E-state index in [9.17, 15) is 0 Å². The highest BCUT2D eigenvalue weighted by atomic mass is 32.1. The van der Waals surface area contributed by atoms with Gasteiger partial charge in [0.15, 0.2) is 0 Å². The van der Waals surface area contributed by atoms with E-state index in [0.717, 1.165) is 11.6 Å². The maximum Gasteiger partial charge on any atom is 0.112 e. The highest BCUT2D eigenvalue weighted by Gasteiger charge is 2.24. The molecule has 0 fully saturated rings. The molecule has 1 N–H and O–H groups in total. The molecule has 14 heavy (non-hydrogen) atoms. The third-order valence-electron chi connectivity index (χ3n) is 2.03. The van der Waals surface area contributed by atoms with Crippen LogP contribution < -0.4 is 5.32 Å². The molecule has 0 unspecified atom stereocenters. The van der Waals surface area contributed by atoms with E-state index < -0.39 is 0 Å². The Morgan fingerprint density at radius 3 is 2.36 bits per heavy atom. The van der Waals surface area contributed by atoms with E-state index in [2.05, 4.69) is 44.9 Å². The lowest BCUT2D eigenvalue weighted by molar-refractivity contribution is 0.303. The molecule has 3 heteroatoms. The molecule has 0 aliphatic heterocycles. The van der Waals surface area contributed by atoms with Crippen molar-refractivity contribution in [1.82, 2.24) is 10.3 Å². The Morgan fingerprint density at radius 1 is 1.29 bits per heavy atom. The molecule has 1 rings (SSSR count). The molecule has 0 radical (unpaired) electrons. The summed E-state index contributed by atoms with van der Waals surface area (Å²) < 4.78 is 0. The van der Waals surface area contributed by atoms with Crippen LogP contribution in [-0.4, -0.2) is 11.5 Å². The second kappa shape index (κ2) is 3.99. The first-order chi connectivity index (χ1) is 6.31. The fourth-order valence-corrected chi connectivity index (χ4v) is 1.83. The van der Waals surface area contributed by atoms with Crippen molar-refractivity contribution in [1.29, 1.82) is 0 Å². The zero-order chi connectivity index (χ0) is 10.8. The van der Waals surface area contributed by atoms with Crippen molar-refractivity contribution in [3.63, 3.8) is 0 Å². The Balaban J connectivity index is 2.59. The summed E-state index contributed by atoms with van der Waals surface area (Å²) in [5.74, 6) is 0. The Kier molecular flexibility index (Phi) is 3.32. The van der Waals surface area contributed by atoms with Crippen LogP contribution in [0.4, 0.5) is 0 Å². The predicted molar refractivity (Wildman–Crippen MR) is 62.6 cm³/mol. The molecule has 0 aliphatic carbocycles. The topological polar surface area (TPSA) is 24.9 Å². The zero-order valence-electron chi connectivity index (χ0n) is 9.72. The van der Waals surface area contributed by atoms with Gasteiger partial charge in [-0.05, 0) is 19.3 Å². The van der Waals surface area contributed by atoms with Crippen molar-refractivity contribution in [2.45, 2.75) is 40.2 Å². The van der Waals surface area contributed by atoms with Gasteiger partial charge < -0.3 is 5.32 Å². The van der Waals surface area contributed by atoms with Crippen molar-refractivity contribution in [3.8, 4) is 0 Å². The summed E-state index contributed by atoms with van der Waals surface area (Å²) in [5.41, 5.74) is 0.302. The van der Waals surface area contributed by atoms with Gasteiger partial charge >= 0.3 is 0 Å². The Bertz CT molecular complexity index is 270. The molecule has 0 aromatic carbocycles. The molecule has 1 heterocycles. The Hall–Kier alpha value is -0.410. The van der Waals surface area contributed by atoms with Crippen LogP contribution in [0.2, 0.25) is 0 Å². The zero-order valence-corrected chi connectivity index (χ0v) is 10.5. The van der Waals surface area contributed by atoms with Crippen LogP contribution in [0.25, 0.3) is 0 Å². The standard InChI is InChI=1S/C11H20N2S/c1-10(2,3)8-13-11(4,5)9-12-6-7-14-9/h6-7,13H,8H2,1-5H3. The molecule has 0 aliphatic rings. The lowest BCUT2D eigenvalue weighted by Crippen LogP contribution is -2.41. The summed E-state index contributed by atoms with van der Waals surface area (Å²) in [5, 5.41) is 6.73. The molecular formula is C11H20N2S. The number of hydrogen-bond acceptors (Lipinski definition) is 3. The fraction of sp³-hybridized carbons (Fsp3) is 0.727. The van der Waals surface area contributed by atoms with Gasteiger partial charge in [-0.3, -0.25) is 0 Å². The van der Waals surface area contributed by atoms with E-state index in [1.807, 2.05) is 11.6 Å².